The van der Waals surface area contributed by atoms with Crippen LogP contribution in [0.3, 0.4) is 0 Å². The van der Waals surface area contributed by atoms with Crippen molar-refractivity contribution in [3.8, 4) is 17.6 Å². The second kappa shape index (κ2) is 8.38. The predicted molar refractivity (Wildman–Crippen MR) is 111 cm³/mol. The van der Waals surface area contributed by atoms with Crippen LogP contribution in [0.1, 0.15) is 12.5 Å². The quantitative estimate of drug-likeness (QED) is 0.597. The number of benzene rings is 2. The van der Waals surface area contributed by atoms with Crippen molar-refractivity contribution in [2.45, 2.75) is 6.92 Å². The van der Waals surface area contributed by atoms with Gasteiger partial charge in [0.1, 0.15) is 17.4 Å². The first-order chi connectivity index (χ1) is 13.8. The molecule has 3 rings (SSSR count). The van der Waals surface area contributed by atoms with E-state index in [0.29, 0.717) is 11.2 Å². The Hall–Kier alpha value is -3.29. The van der Waals surface area contributed by atoms with E-state index in [1.165, 1.54) is 49.5 Å². The van der Waals surface area contributed by atoms with Crippen LogP contribution in [0.5, 0.6) is 11.5 Å². The lowest BCUT2D eigenvalue weighted by Gasteiger charge is -2.16. The van der Waals surface area contributed by atoms with Crippen molar-refractivity contribution in [2.24, 2.45) is 7.05 Å². The van der Waals surface area contributed by atoms with Crippen molar-refractivity contribution in [1.82, 2.24) is 13.9 Å². The summed E-state index contributed by atoms with van der Waals surface area (Å²) in [5, 5.41) is 9.76. The molecule has 3 aromatic rings. The molecule has 0 aliphatic heterocycles. The molecule has 0 unspecified atom stereocenters. The minimum Gasteiger partial charge on any atom is -0.453 e. The molecule has 0 spiro atoms. The van der Waals surface area contributed by atoms with Gasteiger partial charge in [-0.2, -0.15) is 5.26 Å². The Bertz CT molecular complexity index is 1230. The molecule has 0 aliphatic carbocycles. The molecule has 0 atom stereocenters. The third-order valence-corrected chi connectivity index (χ3v) is 5.15. The van der Waals surface area contributed by atoms with Crippen LogP contribution in [-0.4, -0.2) is 27.4 Å². The summed E-state index contributed by atoms with van der Waals surface area (Å²) in [4.78, 5) is 26.6. The van der Waals surface area contributed by atoms with Gasteiger partial charge in [0.25, 0.3) is 5.56 Å². The van der Waals surface area contributed by atoms with E-state index in [0.717, 1.165) is 11.1 Å². The van der Waals surface area contributed by atoms with Gasteiger partial charge in [-0.15, -0.1) is 0 Å². The molecule has 8 nitrogen and oxygen atoms in total. The molecule has 10 heteroatoms. The Balaban J connectivity index is 2.02. The van der Waals surface area contributed by atoms with E-state index in [2.05, 4.69) is 9.71 Å². The number of H-pyrrole nitrogens is 1. The summed E-state index contributed by atoms with van der Waals surface area (Å²) >= 11 is 1.26. The number of aromatic nitrogens is 2. The Kier molecular flexibility index (Phi) is 5.91. The number of ether oxygens (including phenoxy) is 1. The van der Waals surface area contributed by atoms with Crippen molar-refractivity contribution < 1.29 is 9.13 Å². The Morgan fingerprint density at radius 2 is 2.10 bits per heavy atom. The van der Waals surface area contributed by atoms with Gasteiger partial charge in [-0.05, 0) is 37.4 Å². The molecule has 1 heterocycles. The van der Waals surface area contributed by atoms with Crippen LogP contribution in [0, 0.1) is 17.1 Å². The number of anilines is 1. The largest absolute Gasteiger partial charge is 0.453 e. The van der Waals surface area contributed by atoms with E-state index in [1.807, 2.05) is 24.3 Å². The van der Waals surface area contributed by atoms with E-state index in [1.54, 1.807) is 0 Å². The highest BCUT2D eigenvalue weighted by atomic mass is 32.2. The molecule has 2 aromatic carbocycles. The summed E-state index contributed by atoms with van der Waals surface area (Å²) in [6, 6.07) is 8.99. The molecule has 0 aliphatic rings. The first-order valence-corrected chi connectivity index (χ1v) is 9.40. The van der Waals surface area contributed by atoms with E-state index >= 15 is 0 Å². The SMILES string of the molecule is CCN(C)SNc1ccc(F)c(Oc2ccc3[nH]c(=O)n(C)c(=O)c3c2)c1C#N. The van der Waals surface area contributed by atoms with E-state index in [9.17, 15) is 19.2 Å². The molecule has 150 valence electrons. The van der Waals surface area contributed by atoms with Crippen LogP contribution in [-0.2, 0) is 7.05 Å². The number of hydrogen-bond donors (Lipinski definition) is 2. The summed E-state index contributed by atoms with van der Waals surface area (Å²) < 4.78 is 25.9. The van der Waals surface area contributed by atoms with Crippen LogP contribution in [0.2, 0.25) is 0 Å². The number of nitriles is 1. The number of nitrogens with one attached hydrogen (secondary N) is 2. The molecule has 0 amide bonds. The monoisotopic (exact) mass is 415 g/mol. The third-order valence-electron chi connectivity index (χ3n) is 4.27. The van der Waals surface area contributed by atoms with Crippen LogP contribution < -0.4 is 20.7 Å². The highest BCUT2D eigenvalue weighted by molar-refractivity contribution is 7.98. The molecule has 29 heavy (non-hydrogen) atoms. The van der Waals surface area contributed by atoms with E-state index in [-0.39, 0.29) is 22.4 Å². The zero-order chi connectivity index (χ0) is 21.1. The van der Waals surface area contributed by atoms with Crippen LogP contribution >= 0.6 is 12.1 Å². The fourth-order valence-corrected chi connectivity index (χ4v) is 3.06. The Morgan fingerprint density at radius 3 is 2.79 bits per heavy atom. The standard InChI is InChI=1S/C19H18FN5O3S/c1-4-24(2)29-23-16-8-6-14(20)17(13(16)10-21)28-11-5-7-15-12(9-11)18(26)25(3)19(27)22-15/h5-9,23H,4H2,1-3H3,(H,22,27). The molecular weight excluding hydrogens is 397 g/mol. The predicted octanol–water partition coefficient (Wildman–Crippen LogP) is 2.96. The van der Waals surface area contributed by atoms with Gasteiger partial charge in [0.05, 0.1) is 16.6 Å². The molecule has 0 radical (unpaired) electrons. The average molecular weight is 415 g/mol. The smallest absolute Gasteiger partial charge is 0.328 e. The van der Waals surface area contributed by atoms with Gasteiger partial charge in [-0.25, -0.2) is 13.5 Å². The van der Waals surface area contributed by atoms with Crippen LogP contribution in [0.15, 0.2) is 39.9 Å². The van der Waals surface area contributed by atoms with Crippen LogP contribution in [0.25, 0.3) is 10.9 Å². The maximum atomic E-state index is 14.4. The topological polar surface area (TPSA) is 103 Å². The van der Waals surface area contributed by atoms with Gasteiger partial charge in [-0.3, -0.25) is 9.36 Å². The Labute approximate surface area is 169 Å². The van der Waals surface area contributed by atoms with Crippen molar-refractivity contribution in [3.63, 3.8) is 0 Å². The third kappa shape index (κ3) is 4.11. The second-order valence-corrected chi connectivity index (χ2v) is 7.16. The number of rotatable bonds is 6. The summed E-state index contributed by atoms with van der Waals surface area (Å²) in [7, 11) is 3.21. The average Bonchev–Trinajstić information content (AvgIpc) is 2.72. The maximum absolute atomic E-state index is 14.4. The summed E-state index contributed by atoms with van der Waals surface area (Å²) in [5.41, 5.74) is -0.320. The zero-order valence-corrected chi connectivity index (χ0v) is 16.8. The minimum absolute atomic E-state index is 0.00327. The molecule has 1 aromatic heterocycles. The highest BCUT2D eigenvalue weighted by Crippen LogP contribution is 2.34. The van der Waals surface area contributed by atoms with Gasteiger partial charge in [-0.1, -0.05) is 6.92 Å². The maximum Gasteiger partial charge on any atom is 0.328 e. The van der Waals surface area contributed by atoms with E-state index in [4.69, 9.17) is 4.74 Å². The lowest BCUT2D eigenvalue weighted by Crippen LogP contribution is -2.32. The van der Waals surface area contributed by atoms with Gasteiger partial charge in [0.15, 0.2) is 11.6 Å². The first kappa shape index (κ1) is 20.4. The fraction of sp³-hybridized carbons (Fsp3) is 0.211. The van der Waals surface area contributed by atoms with Crippen molar-refractivity contribution in [1.29, 1.82) is 5.26 Å². The first-order valence-electron chi connectivity index (χ1n) is 8.63. The number of fused-ring (bicyclic) bond motifs is 1. The lowest BCUT2D eigenvalue weighted by atomic mass is 10.1. The second-order valence-electron chi connectivity index (χ2n) is 6.15. The lowest BCUT2D eigenvalue weighted by molar-refractivity contribution is 0.441. The fourth-order valence-electron chi connectivity index (χ4n) is 2.51. The van der Waals surface area contributed by atoms with Gasteiger partial charge < -0.3 is 14.4 Å². The van der Waals surface area contributed by atoms with Crippen molar-refractivity contribution >= 4 is 28.7 Å². The molecule has 0 saturated heterocycles. The Morgan fingerprint density at radius 1 is 1.34 bits per heavy atom. The van der Waals surface area contributed by atoms with Gasteiger partial charge >= 0.3 is 5.69 Å². The normalized spacial score (nSPS) is 10.9. The van der Waals surface area contributed by atoms with Crippen LogP contribution in [0.4, 0.5) is 10.1 Å². The molecule has 2 N–H and O–H groups in total. The van der Waals surface area contributed by atoms with Gasteiger partial charge in [0.2, 0.25) is 0 Å². The molecule has 0 fully saturated rings. The number of aromatic amines is 1. The van der Waals surface area contributed by atoms with Crippen molar-refractivity contribution in [3.05, 3.63) is 62.6 Å². The molecule has 0 bridgehead atoms. The number of hydrogen-bond acceptors (Lipinski definition) is 7. The molecule has 0 saturated carbocycles. The van der Waals surface area contributed by atoms with Gasteiger partial charge in [0, 0.05) is 25.7 Å². The molecular formula is C19H18FN5O3S. The summed E-state index contributed by atoms with van der Waals surface area (Å²) in [5.74, 6) is -0.805. The summed E-state index contributed by atoms with van der Waals surface area (Å²) in [6.07, 6.45) is 0. The number of nitrogens with zero attached hydrogens (tertiary/aromatic N) is 3. The van der Waals surface area contributed by atoms with E-state index < -0.39 is 17.1 Å². The number of halogens is 1. The highest BCUT2D eigenvalue weighted by Gasteiger charge is 2.17. The van der Waals surface area contributed by atoms with Crippen molar-refractivity contribution in [2.75, 3.05) is 18.3 Å². The minimum atomic E-state index is -0.713. The summed E-state index contributed by atoms with van der Waals surface area (Å²) in [6.45, 7) is 2.73. The zero-order valence-electron chi connectivity index (χ0n) is 15.9.